The maximum Gasteiger partial charge on any atom is 0.275 e. The number of amides is 1. The van der Waals surface area contributed by atoms with E-state index in [0.717, 1.165) is 0 Å². The van der Waals surface area contributed by atoms with Crippen molar-refractivity contribution in [3.63, 3.8) is 0 Å². The van der Waals surface area contributed by atoms with Gasteiger partial charge in [-0.3, -0.25) is 25.0 Å². The van der Waals surface area contributed by atoms with Crippen molar-refractivity contribution in [3.8, 4) is 0 Å². The van der Waals surface area contributed by atoms with Gasteiger partial charge in [0.25, 0.3) is 11.4 Å². The molecule has 2 aromatic rings. The topological polar surface area (TPSA) is 107 Å². The third-order valence-corrected chi connectivity index (χ3v) is 5.13. The first-order chi connectivity index (χ1) is 12.0. The zero-order chi connectivity index (χ0) is 18.0. The Balaban J connectivity index is 1.97. The molecule has 1 fully saturated rings. The molecule has 0 saturated carbocycles. The van der Waals surface area contributed by atoms with E-state index in [1.54, 1.807) is 36.4 Å². The number of rotatable bonds is 5. The fourth-order valence-corrected chi connectivity index (χ4v) is 3.97. The van der Waals surface area contributed by atoms with Crippen molar-refractivity contribution in [1.29, 1.82) is 0 Å². The fraction of sp³-hybridized carbons (Fsp3) is 0.188. The number of hydrogen-bond donors (Lipinski definition) is 0. The standard InChI is InChI=1S/C16H13N3O5S/c20-15-10-25-16(12-6-2-4-8-14(12)19(23)24)17(15)9-11-5-1-3-7-13(11)18(21)22/h1-8,16H,9-10H2. The molecule has 0 radical (unpaired) electrons. The van der Waals surface area contributed by atoms with Gasteiger partial charge < -0.3 is 4.90 Å². The number of para-hydroxylation sites is 2. The average Bonchev–Trinajstić information content (AvgIpc) is 2.96. The monoisotopic (exact) mass is 359 g/mol. The maximum atomic E-state index is 12.3. The highest BCUT2D eigenvalue weighted by Gasteiger charge is 2.37. The van der Waals surface area contributed by atoms with Gasteiger partial charge in [0, 0.05) is 17.7 Å². The second kappa shape index (κ2) is 6.89. The summed E-state index contributed by atoms with van der Waals surface area (Å²) in [6.07, 6.45) is 0. The van der Waals surface area contributed by atoms with Crippen LogP contribution in [0.25, 0.3) is 0 Å². The van der Waals surface area contributed by atoms with Crippen molar-refractivity contribution in [2.24, 2.45) is 0 Å². The van der Waals surface area contributed by atoms with Gasteiger partial charge in [0.05, 0.1) is 27.7 Å². The molecule has 1 aliphatic rings. The molecule has 2 aromatic carbocycles. The predicted molar refractivity (Wildman–Crippen MR) is 91.9 cm³/mol. The smallest absolute Gasteiger partial charge is 0.275 e. The van der Waals surface area contributed by atoms with Gasteiger partial charge in [-0.15, -0.1) is 11.8 Å². The minimum atomic E-state index is -0.547. The van der Waals surface area contributed by atoms with Crippen LogP contribution in [0.15, 0.2) is 48.5 Å². The van der Waals surface area contributed by atoms with Gasteiger partial charge >= 0.3 is 0 Å². The van der Waals surface area contributed by atoms with E-state index in [1.165, 1.54) is 28.8 Å². The van der Waals surface area contributed by atoms with Crippen LogP contribution in [0.3, 0.4) is 0 Å². The average molecular weight is 359 g/mol. The van der Waals surface area contributed by atoms with E-state index in [4.69, 9.17) is 0 Å². The highest BCUT2D eigenvalue weighted by Crippen LogP contribution is 2.43. The molecule has 1 unspecified atom stereocenters. The Labute approximate surface area is 146 Å². The van der Waals surface area contributed by atoms with E-state index in [1.807, 2.05) is 0 Å². The summed E-state index contributed by atoms with van der Waals surface area (Å²) in [6.45, 7) is 0.0275. The van der Waals surface area contributed by atoms with Crippen LogP contribution < -0.4 is 0 Å². The summed E-state index contributed by atoms with van der Waals surface area (Å²) in [5.74, 6) is -0.0246. The normalized spacial score (nSPS) is 16.9. The summed E-state index contributed by atoms with van der Waals surface area (Å²) < 4.78 is 0. The molecule has 0 aromatic heterocycles. The molecule has 0 spiro atoms. The number of nitro benzene ring substituents is 2. The van der Waals surface area contributed by atoms with Crippen molar-refractivity contribution >= 4 is 29.0 Å². The molecule has 0 bridgehead atoms. The first-order valence-corrected chi connectivity index (χ1v) is 8.40. The van der Waals surface area contributed by atoms with Crippen molar-refractivity contribution in [3.05, 3.63) is 79.9 Å². The van der Waals surface area contributed by atoms with Crippen LogP contribution in [0.1, 0.15) is 16.5 Å². The van der Waals surface area contributed by atoms with E-state index >= 15 is 0 Å². The molecular weight excluding hydrogens is 346 g/mol. The molecule has 1 amide bonds. The summed E-state index contributed by atoms with van der Waals surface area (Å²) in [4.78, 5) is 35.2. The Bertz CT molecular complexity index is 857. The van der Waals surface area contributed by atoms with Gasteiger partial charge in [-0.1, -0.05) is 30.3 Å². The third-order valence-electron chi connectivity index (χ3n) is 3.90. The Kier molecular flexibility index (Phi) is 4.66. The maximum absolute atomic E-state index is 12.3. The summed E-state index contributed by atoms with van der Waals surface area (Å²) >= 11 is 1.28. The lowest BCUT2D eigenvalue weighted by Gasteiger charge is -2.24. The minimum Gasteiger partial charge on any atom is -0.321 e. The van der Waals surface area contributed by atoms with Gasteiger partial charge in [-0.2, -0.15) is 0 Å². The minimum absolute atomic E-state index is 0.0275. The van der Waals surface area contributed by atoms with Crippen molar-refractivity contribution in [2.75, 3.05) is 5.75 Å². The van der Waals surface area contributed by atoms with E-state index in [-0.39, 0.29) is 29.6 Å². The molecule has 8 nitrogen and oxygen atoms in total. The first kappa shape index (κ1) is 16.9. The van der Waals surface area contributed by atoms with E-state index in [2.05, 4.69) is 0 Å². The van der Waals surface area contributed by atoms with Gasteiger partial charge in [0.1, 0.15) is 5.37 Å². The van der Waals surface area contributed by atoms with Gasteiger partial charge in [0.2, 0.25) is 5.91 Å². The molecule has 1 saturated heterocycles. The summed E-state index contributed by atoms with van der Waals surface area (Å²) in [7, 11) is 0. The van der Waals surface area contributed by atoms with E-state index < -0.39 is 15.2 Å². The van der Waals surface area contributed by atoms with Crippen molar-refractivity contribution in [1.82, 2.24) is 4.90 Å². The molecule has 0 aliphatic carbocycles. The van der Waals surface area contributed by atoms with Crippen LogP contribution in [-0.4, -0.2) is 26.4 Å². The highest BCUT2D eigenvalue weighted by molar-refractivity contribution is 8.00. The number of nitro groups is 2. The van der Waals surface area contributed by atoms with Crippen molar-refractivity contribution < 1.29 is 14.6 Å². The third kappa shape index (κ3) is 3.31. The molecule has 128 valence electrons. The fourth-order valence-electron chi connectivity index (χ4n) is 2.75. The lowest BCUT2D eigenvalue weighted by atomic mass is 10.1. The van der Waals surface area contributed by atoms with Crippen LogP contribution in [0.5, 0.6) is 0 Å². The molecule has 3 rings (SSSR count). The predicted octanol–water partition coefficient (Wildman–Crippen LogP) is 3.28. The van der Waals surface area contributed by atoms with Crippen LogP contribution in [-0.2, 0) is 11.3 Å². The molecule has 1 aliphatic heterocycles. The van der Waals surface area contributed by atoms with Gasteiger partial charge in [-0.25, -0.2) is 0 Å². The molecule has 1 heterocycles. The Morgan fingerprint density at radius 3 is 2.28 bits per heavy atom. The number of hydrogen-bond acceptors (Lipinski definition) is 6. The van der Waals surface area contributed by atoms with E-state index in [9.17, 15) is 25.0 Å². The second-order valence-electron chi connectivity index (χ2n) is 5.39. The lowest BCUT2D eigenvalue weighted by molar-refractivity contribution is -0.385. The number of nitrogens with zero attached hydrogens (tertiary/aromatic N) is 3. The molecule has 0 N–H and O–H groups in total. The largest absolute Gasteiger partial charge is 0.321 e. The quantitative estimate of drug-likeness (QED) is 0.599. The number of thioether (sulfide) groups is 1. The Morgan fingerprint density at radius 2 is 1.60 bits per heavy atom. The lowest BCUT2D eigenvalue weighted by Crippen LogP contribution is -2.28. The number of carbonyl (C=O) groups excluding carboxylic acids is 1. The zero-order valence-electron chi connectivity index (χ0n) is 12.9. The van der Waals surface area contributed by atoms with Crippen LogP contribution in [0, 0.1) is 20.2 Å². The number of carbonyl (C=O) groups is 1. The van der Waals surface area contributed by atoms with Crippen LogP contribution >= 0.6 is 11.8 Å². The second-order valence-corrected chi connectivity index (χ2v) is 6.46. The summed E-state index contributed by atoms with van der Waals surface area (Å²) in [5, 5.41) is 21.9. The zero-order valence-corrected chi connectivity index (χ0v) is 13.7. The molecular formula is C16H13N3O5S. The number of benzene rings is 2. The van der Waals surface area contributed by atoms with Gasteiger partial charge in [-0.05, 0) is 6.07 Å². The highest BCUT2D eigenvalue weighted by atomic mass is 32.2. The Hall–Kier alpha value is -2.94. The van der Waals surface area contributed by atoms with Crippen LogP contribution in [0.2, 0.25) is 0 Å². The molecule has 9 heteroatoms. The summed E-state index contributed by atoms with van der Waals surface area (Å²) in [5.41, 5.74) is 0.671. The van der Waals surface area contributed by atoms with Crippen LogP contribution in [0.4, 0.5) is 11.4 Å². The molecule has 1 atom stereocenters. The molecule has 25 heavy (non-hydrogen) atoms. The van der Waals surface area contributed by atoms with E-state index in [0.29, 0.717) is 11.1 Å². The summed E-state index contributed by atoms with van der Waals surface area (Å²) in [6, 6.07) is 12.4. The van der Waals surface area contributed by atoms with Crippen molar-refractivity contribution in [2.45, 2.75) is 11.9 Å². The Morgan fingerprint density at radius 1 is 1.00 bits per heavy atom. The SMILES string of the molecule is O=C1CSC(c2ccccc2[N+](=O)[O-])N1Cc1ccccc1[N+](=O)[O-]. The van der Waals surface area contributed by atoms with Gasteiger partial charge in [0.15, 0.2) is 0 Å². The first-order valence-electron chi connectivity index (χ1n) is 7.35.